The second kappa shape index (κ2) is 8.62. The number of benzene rings is 1. The van der Waals surface area contributed by atoms with Crippen LogP contribution in [0.2, 0.25) is 0 Å². The van der Waals surface area contributed by atoms with Crippen molar-refractivity contribution in [1.82, 2.24) is 5.32 Å². The maximum absolute atomic E-state index is 5.52. The molecule has 0 spiro atoms. The average molecular weight is 239 g/mol. The molecule has 1 aromatic carbocycles. The fraction of sp³-hybridized carbons (Fsp3) is 0.538. The molecule has 0 radical (unpaired) electrons. The van der Waals surface area contributed by atoms with Crippen molar-refractivity contribution in [2.75, 3.05) is 25.5 Å². The van der Waals surface area contributed by atoms with Gasteiger partial charge in [0.15, 0.2) is 0 Å². The molecule has 0 aliphatic rings. The van der Waals surface area contributed by atoms with Gasteiger partial charge in [-0.3, -0.25) is 0 Å². The standard InChI is InChI=1S/C13H21NOS/c1-12(2)14-8-9-15-10-11-16-13-6-4-3-5-7-13/h3-7,12,14H,8-11H2,1-2H3. The van der Waals surface area contributed by atoms with E-state index in [1.807, 2.05) is 17.8 Å². The Kier molecular flexibility index (Phi) is 7.30. The van der Waals surface area contributed by atoms with E-state index in [4.69, 9.17) is 4.74 Å². The Morgan fingerprint density at radius 1 is 1.19 bits per heavy atom. The zero-order valence-electron chi connectivity index (χ0n) is 10.1. The van der Waals surface area contributed by atoms with Gasteiger partial charge in [-0.05, 0) is 12.1 Å². The van der Waals surface area contributed by atoms with E-state index >= 15 is 0 Å². The maximum Gasteiger partial charge on any atom is 0.0591 e. The van der Waals surface area contributed by atoms with Crippen LogP contribution in [-0.4, -0.2) is 31.6 Å². The van der Waals surface area contributed by atoms with Crippen LogP contribution in [-0.2, 0) is 4.74 Å². The molecule has 1 N–H and O–H groups in total. The molecule has 16 heavy (non-hydrogen) atoms. The van der Waals surface area contributed by atoms with Crippen LogP contribution >= 0.6 is 11.8 Å². The number of ether oxygens (including phenoxy) is 1. The molecule has 0 atom stereocenters. The highest BCUT2D eigenvalue weighted by Gasteiger charge is 1.94. The minimum Gasteiger partial charge on any atom is -0.379 e. The molecule has 3 heteroatoms. The van der Waals surface area contributed by atoms with Gasteiger partial charge < -0.3 is 10.1 Å². The topological polar surface area (TPSA) is 21.3 Å². The Balaban J connectivity index is 1.93. The summed E-state index contributed by atoms with van der Waals surface area (Å²) in [5, 5.41) is 3.32. The van der Waals surface area contributed by atoms with Crippen LogP contribution in [0.3, 0.4) is 0 Å². The SMILES string of the molecule is CC(C)NCCOCCSc1ccccc1. The molecule has 0 aromatic heterocycles. The van der Waals surface area contributed by atoms with Crippen LogP contribution < -0.4 is 5.32 Å². The molecule has 0 unspecified atom stereocenters. The second-order valence-corrected chi connectivity index (χ2v) is 5.05. The first-order valence-electron chi connectivity index (χ1n) is 5.78. The van der Waals surface area contributed by atoms with Gasteiger partial charge in [-0.2, -0.15) is 0 Å². The third-order valence-corrected chi connectivity index (χ3v) is 3.01. The number of hydrogen-bond acceptors (Lipinski definition) is 3. The van der Waals surface area contributed by atoms with Crippen molar-refractivity contribution in [2.24, 2.45) is 0 Å². The normalized spacial score (nSPS) is 10.9. The van der Waals surface area contributed by atoms with Crippen LogP contribution in [0.25, 0.3) is 0 Å². The lowest BCUT2D eigenvalue weighted by Crippen LogP contribution is -2.26. The van der Waals surface area contributed by atoms with Crippen molar-refractivity contribution in [1.29, 1.82) is 0 Å². The minimum absolute atomic E-state index is 0.544. The van der Waals surface area contributed by atoms with Crippen molar-refractivity contribution in [2.45, 2.75) is 24.8 Å². The number of nitrogens with one attached hydrogen (secondary N) is 1. The summed E-state index contributed by atoms with van der Waals surface area (Å²) in [5.41, 5.74) is 0. The van der Waals surface area contributed by atoms with Crippen LogP contribution in [0.4, 0.5) is 0 Å². The Hall–Kier alpha value is -0.510. The van der Waals surface area contributed by atoms with Crippen LogP contribution in [0.15, 0.2) is 35.2 Å². The number of hydrogen-bond donors (Lipinski definition) is 1. The summed E-state index contributed by atoms with van der Waals surface area (Å²) in [7, 11) is 0. The van der Waals surface area contributed by atoms with Gasteiger partial charge in [0.1, 0.15) is 0 Å². The predicted molar refractivity (Wildman–Crippen MR) is 71.1 cm³/mol. The zero-order valence-corrected chi connectivity index (χ0v) is 10.9. The van der Waals surface area contributed by atoms with Crippen molar-refractivity contribution >= 4 is 11.8 Å². The highest BCUT2D eigenvalue weighted by atomic mass is 32.2. The third kappa shape index (κ3) is 6.88. The fourth-order valence-electron chi connectivity index (χ4n) is 1.26. The van der Waals surface area contributed by atoms with Crippen LogP contribution in [0, 0.1) is 0 Å². The fourth-order valence-corrected chi connectivity index (χ4v) is 2.04. The molecule has 0 aliphatic carbocycles. The number of thioether (sulfide) groups is 1. The first-order valence-corrected chi connectivity index (χ1v) is 6.76. The first kappa shape index (κ1) is 13.6. The largest absolute Gasteiger partial charge is 0.379 e. The Bertz CT molecular complexity index is 264. The summed E-state index contributed by atoms with van der Waals surface area (Å²) in [5.74, 6) is 1.02. The van der Waals surface area contributed by atoms with Gasteiger partial charge >= 0.3 is 0 Å². The van der Waals surface area contributed by atoms with E-state index in [2.05, 4.69) is 43.4 Å². The molecule has 0 heterocycles. The van der Waals surface area contributed by atoms with Crippen LogP contribution in [0.1, 0.15) is 13.8 Å². The summed E-state index contributed by atoms with van der Waals surface area (Å²) < 4.78 is 5.52. The van der Waals surface area contributed by atoms with Gasteiger partial charge in [0.25, 0.3) is 0 Å². The van der Waals surface area contributed by atoms with Crippen molar-refractivity contribution < 1.29 is 4.74 Å². The molecule has 0 amide bonds. The molecule has 0 fully saturated rings. The lowest BCUT2D eigenvalue weighted by molar-refractivity contribution is 0.150. The smallest absolute Gasteiger partial charge is 0.0591 e. The first-order chi connectivity index (χ1) is 7.79. The van der Waals surface area contributed by atoms with Gasteiger partial charge in [-0.15, -0.1) is 11.8 Å². The van der Waals surface area contributed by atoms with Gasteiger partial charge in [0, 0.05) is 23.2 Å². The summed E-state index contributed by atoms with van der Waals surface area (Å²) >= 11 is 1.84. The average Bonchev–Trinajstić information content (AvgIpc) is 2.29. The van der Waals surface area contributed by atoms with Crippen LogP contribution in [0.5, 0.6) is 0 Å². The molecule has 0 saturated heterocycles. The van der Waals surface area contributed by atoms with E-state index in [1.165, 1.54) is 4.90 Å². The second-order valence-electron chi connectivity index (χ2n) is 3.88. The Morgan fingerprint density at radius 3 is 2.62 bits per heavy atom. The van der Waals surface area contributed by atoms with Gasteiger partial charge in [-0.1, -0.05) is 32.0 Å². The van der Waals surface area contributed by atoms with Gasteiger partial charge in [-0.25, -0.2) is 0 Å². The van der Waals surface area contributed by atoms with E-state index in [9.17, 15) is 0 Å². The van der Waals surface area contributed by atoms with E-state index in [0.29, 0.717) is 6.04 Å². The molecule has 0 saturated carbocycles. The molecule has 1 rings (SSSR count). The summed E-state index contributed by atoms with van der Waals surface area (Å²) in [6, 6.07) is 11.0. The summed E-state index contributed by atoms with van der Waals surface area (Å²) in [6.45, 7) is 6.84. The molecule has 0 aliphatic heterocycles. The lowest BCUT2D eigenvalue weighted by Gasteiger charge is -2.08. The highest BCUT2D eigenvalue weighted by Crippen LogP contribution is 2.15. The van der Waals surface area contributed by atoms with Crippen molar-refractivity contribution in [3.8, 4) is 0 Å². The molecular weight excluding hydrogens is 218 g/mol. The monoisotopic (exact) mass is 239 g/mol. The summed E-state index contributed by atoms with van der Waals surface area (Å²) in [6.07, 6.45) is 0. The maximum atomic E-state index is 5.52. The van der Waals surface area contributed by atoms with Crippen molar-refractivity contribution in [3.63, 3.8) is 0 Å². The van der Waals surface area contributed by atoms with Crippen molar-refractivity contribution in [3.05, 3.63) is 30.3 Å². The summed E-state index contributed by atoms with van der Waals surface area (Å²) in [4.78, 5) is 1.31. The zero-order chi connectivity index (χ0) is 11.6. The lowest BCUT2D eigenvalue weighted by atomic mass is 10.4. The highest BCUT2D eigenvalue weighted by molar-refractivity contribution is 7.99. The van der Waals surface area contributed by atoms with E-state index in [0.717, 1.165) is 25.5 Å². The van der Waals surface area contributed by atoms with E-state index in [-0.39, 0.29) is 0 Å². The Labute approximate surface area is 103 Å². The quantitative estimate of drug-likeness (QED) is 0.557. The number of rotatable bonds is 8. The van der Waals surface area contributed by atoms with E-state index in [1.54, 1.807) is 0 Å². The Morgan fingerprint density at radius 2 is 1.94 bits per heavy atom. The van der Waals surface area contributed by atoms with Gasteiger partial charge in [0.2, 0.25) is 0 Å². The molecule has 90 valence electrons. The third-order valence-electron chi connectivity index (χ3n) is 2.04. The molecule has 2 nitrogen and oxygen atoms in total. The van der Waals surface area contributed by atoms with E-state index < -0.39 is 0 Å². The van der Waals surface area contributed by atoms with Gasteiger partial charge in [0.05, 0.1) is 13.2 Å². The molecule has 1 aromatic rings. The minimum atomic E-state index is 0.544. The molecule has 0 bridgehead atoms. The predicted octanol–water partition coefficient (Wildman–Crippen LogP) is 2.79. The molecular formula is C13H21NOS.